The first-order valence-corrected chi connectivity index (χ1v) is 2.77. The maximum absolute atomic E-state index is 9.84. The van der Waals surface area contributed by atoms with Crippen molar-refractivity contribution >= 4 is 0 Å². The lowest BCUT2D eigenvalue weighted by Gasteiger charge is -2.16. The molecule has 0 saturated carbocycles. The van der Waals surface area contributed by atoms with Crippen molar-refractivity contribution < 1.29 is 4.74 Å². The van der Waals surface area contributed by atoms with Gasteiger partial charge in [0.05, 0.1) is 17.9 Å². The number of methoxy groups -OCH3 is 1. The summed E-state index contributed by atoms with van der Waals surface area (Å²) in [6.45, 7) is 2.40. The van der Waals surface area contributed by atoms with E-state index in [2.05, 4.69) is 5.29 Å². The molecule has 0 aromatic carbocycles. The molecule has 54 valence electrons. The molecule has 4 heteroatoms. The molecule has 1 atom stereocenters. The van der Waals surface area contributed by atoms with Gasteiger partial charge in [0, 0.05) is 14.2 Å². The second kappa shape index (κ2) is 4.26. The highest BCUT2D eigenvalue weighted by atomic mass is 16.5. The van der Waals surface area contributed by atoms with Gasteiger partial charge in [-0.2, -0.15) is 0 Å². The maximum Gasteiger partial charge on any atom is 0.0704 e. The van der Waals surface area contributed by atoms with E-state index in [1.807, 2.05) is 6.92 Å². The number of hydrogen-bond acceptors (Lipinski definition) is 3. The fourth-order valence-corrected chi connectivity index (χ4v) is 0.430. The van der Waals surface area contributed by atoms with Crippen molar-refractivity contribution in [3.05, 3.63) is 4.91 Å². The van der Waals surface area contributed by atoms with E-state index in [-0.39, 0.29) is 6.04 Å². The smallest absolute Gasteiger partial charge is 0.0704 e. The van der Waals surface area contributed by atoms with Gasteiger partial charge in [-0.3, -0.25) is 5.01 Å². The summed E-state index contributed by atoms with van der Waals surface area (Å²) < 4.78 is 4.79. The summed E-state index contributed by atoms with van der Waals surface area (Å²) in [5.41, 5.74) is 0. The maximum atomic E-state index is 9.84. The van der Waals surface area contributed by atoms with Crippen LogP contribution in [0.1, 0.15) is 6.92 Å². The average molecular weight is 132 g/mol. The number of rotatable bonds is 4. The Kier molecular flexibility index (Phi) is 3.96. The monoisotopic (exact) mass is 132 g/mol. The molecule has 9 heavy (non-hydrogen) atoms. The largest absolute Gasteiger partial charge is 0.382 e. The standard InChI is InChI=1S/C5H12N2O2/c1-5(4-9-3)7(2)6-8/h5H,4H2,1-3H3. The molecule has 0 N–H and O–H groups in total. The van der Waals surface area contributed by atoms with Crippen LogP contribution in [-0.4, -0.2) is 31.8 Å². The third-order valence-corrected chi connectivity index (χ3v) is 1.17. The first-order valence-electron chi connectivity index (χ1n) is 2.77. The molecular formula is C5H12N2O2. The predicted octanol–water partition coefficient (Wildman–Crippen LogP) is 0.635. The third kappa shape index (κ3) is 3.03. The van der Waals surface area contributed by atoms with Crippen LogP contribution in [0.3, 0.4) is 0 Å². The summed E-state index contributed by atoms with van der Waals surface area (Å²) in [4.78, 5) is 9.84. The molecule has 0 heterocycles. The lowest BCUT2D eigenvalue weighted by atomic mass is 10.4. The van der Waals surface area contributed by atoms with Gasteiger partial charge in [0.2, 0.25) is 0 Å². The summed E-state index contributed by atoms with van der Waals surface area (Å²) in [7, 11) is 3.21. The van der Waals surface area contributed by atoms with Crippen LogP contribution >= 0.6 is 0 Å². The van der Waals surface area contributed by atoms with E-state index in [1.165, 1.54) is 5.01 Å². The Labute approximate surface area is 54.7 Å². The van der Waals surface area contributed by atoms with E-state index in [4.69, 9.17) is 4.74 Å². The average Bonchev–Trinajstić information content (AvgIpc) is 1.87. The Morgan fingerprint density at radius 2 is 2.33 bits per heavy atom. The van der Waals surface area contributed by atoms with Gasteiger partial charge in [-0.15, -0.1) is 4.91 Å². The zero-order valence-electron chi connectivity index (χ0n) is 6.00. The molecule has 0 radical (unpaired) electrons. The molecule has 0 aliphatic carbocycles. The second-order valence-corrected chi connectivity index (χ2v) is 1.96. The van der Waals surface area contributed by atoms with E-state index in [0.29, 0.717) is 6.61 Å². The quantitative estimate of drug-likeness (QED) is 0.416. The molecule has 0 fully saturated rings. The van der Waals surface area contributed by atoms with Gasteiger partial charge in [-0.1, -0.05) is 0 Å². The number of ether oxygens (including phenoxy) is 1. The van der Waals surface area contributed by atoms with Crippen molar-refractivity contribution in [2.45, 2.75) is 13.0 Å². The molecule has 0 amide bonds. The predicted molar refractivity (Wildman–Crippen MR) is 34.9 cm³/mol. The summed E-state index contributed by atoms with van der Waals surface area (Å²) >= 11 is 0. The van der Waals surface area contributed by atoms with Gasteiger partial charge >= 0.3 is 0 Å². The van der Waals surface area contributed by atoms with Gasteiger partial charge < -0.3 is 4.74 Å². The van der Waals surface area contributed by atoms with E-state index in [0.717, 1.165) is 0 Å². The van der Waals surface area contributed by atoms with E-state index < -0.39 is 0 Å². The lowest BCUT2D eigenvalue weighted by molar-refractivity contribution is 0.117. The minimum atomic E-state index is 0.0625. The molecule has 0 saturated heterocycles. The fraction of sp³-hybridized carbons (Fsp3) is 1.00. The molecular weight excluding hydrogens is 120 g/mol. The van der Waals surface area contributed by atoms with Crippen LogP contribution in [0.4, 0.5) is 0 Å². The number of nitrogens with zero attached hydrogens (tertiary/aromatic N) is 2. The first kappa shape index (κ1) is 8.36. The van der Waals surface area contributed by atoms with E-state index in [9.17, 15) is 4.91 Å². The Balaban J connectivity index is 3.44. The van der Waals surface area contributed by atoms with Crippen LogP contribution in [-0.2, 0) is 4.74 Å². The molecule has 1 unspecified atom stereocenters. The van der Waals surface area contributed by atoms with Crippen LogP contribution in [0.25, 0.3) is 0 Å². The zero-order valence-corrected chi connectivity index (χ0v) is 6.00. The number of hydrogen-bond donors (Lipinski definition) is 0. The van der Waals surface area contributed by atoms with Crippen LogP contribution in [0, 0.1) is 4.91 Å². The summed E-state index contributed by atoms with van der Waals surface area (Å²) in [6.07, 6.45) is 0. The number of nitroso groups, excluding NO2 is 1. The molecule has 0 aliphatic rings. The van der Waals surface area contributed by atoms with Crippen molar-refractivity contribution in [3.63, 3.8) is 0 Å². The van der Waals surface area contributed by atoms with Gasteiger partial charge in [-0.25, -0.2) is 0 Å². The fourth-order valence-electron chi connectivity index (χ4n) is 0.430. The third-order valence-electron chi connectivity index (χ3n) is 1.17. The Morgan fingerprint density at radius 3 is 2.67 bits per heavy atom. The minimum Gasteiger partial charge on any atom is -0.382 e. The lowest BCUT2D eigenvalue weighted by Crippen LogP contribution is -2.27. The molecule has 0 rings (SSSR count). The molecule has 4 nitrogen and oxygen atoms in total. The topological polar surface area (TPSA) is 41.9 Å². The normalized spacial score (nSPS) is 12.8. The molecule has 0 aromatic rings. The summed E-state index contributed by atoms with van der Waals surface area (Å²) in [5, 5.41) is 4.03. The molecule has 0 aliphatic heterocycles. The van der Waals surface area contributed by atoms with Crippen LogP contribution < -0.4 is 0 Å². The second-order valence-electron chi connectivity index (χ2n) is 1.96. The van der Waals surface area contributed by atoms with Crippen molar-refractivity contribution in [1.82, 2.24) is 5.01 Å². The van der Waals surface area contributed by atoms with Crippen LogP contribution in [0.2, 0.25) is 0 Å². The molecule has 0 bridgehead atoms. The summed E-state index contributed by atoms with van der Waals surface area (Å²) in [6, 6.07) is 0.0625. The van der Waals surface area contributed by atoms with Gasteiger partial charge in [0.1, 0.15) is 0 Å². The van der Waals surface area contributed by atoms with Crippen molar-refractivity contribution in [1.29, 1.82) is 0 Å². The van der Waals surface area contributed by atoms with E-state index >= 15 is 0 Å². The SMILES string of the molecule is COCC(C)N(C)N=O. The van der Waals surface area contributed by atoms with E-state index in [1.54, 1.807) is 14.2 Å². The Hall–Kier alpha value is -0.640. The first-order chi connectivity index (χ1) is 4.22. The van der Waals surface area contributed by atoms with Crippen LogP contribution in [0.15, 0.2) is 5.29 Å². The van der Waals surface area contributed by atoms with Crippen molar-refractivity contribution in [2.24, 2.45) is 5.29 Å². The highest BCUT2D eigenvalue weighted by Gasteiger charge is 2.05. The molecule has 0 spiro atoms. The van der Waals surface area contributed by atoms with Crippen molar-refractivity contribution in [3.8, 4) is 0 Å². The van der Waals surface area contributed by atoms with Crippen LogP contribution in [0.5, 0.6) is 0 Å². The van der Waals surface area contributed by atoms with Gasteiger partial charge in [-0.05, 0) is 6.92 Å². The number of likely N-dealkylation sites (N-methyl/N-ethyl adjacent to an activating group) is 1. The van der Waals surface area contributed by atoms with Gasteiger partial charge in [0.25, 0.3) is 0 Å². The Morgan fingerprint density at radius 1 is 1.78 bits per heavy atom. The molecule has 0 aromatic heterocycles. The summed E-state index contributed by atoms with van der Waals surface area (Å²) in [5.74, 6) is 0. The van der Waals surface area contributed by atoms with Gasteiger partial charge in [0.15, 0.2) is 0 Å². The highest BCUT2D eigenvalue weighted by Crippen LogP contribution is 1.94. The zero-order chi connectivity index (χ0) is 7.28. The Bertz CT molecular complexity index is 87.0. The highest BCUT2D eigenvalue weighted by molar-refractivity contribution is 4.55. The minimum absolute atomic E-state index is 0.0625. The van der Waals surface area contributed by atoms with Crippen molar-refractivity contribution in [2.75, 3.05) is 20.8 Å².